The maximum absolute atomic E-state index is 4.95. The van der Waals surface area contributed by atoms with Crippen LogP contribution in [0.25, 0.3) is 0 Å². The van der Waals surface area contributed by atoms with E-state index in [-0.39, 0.29) is 0 Å². The molecule has 0 aromatic heterocycles. The van der Waals surface area contributed by atoms with Crippen molar-refractivity contribution in [3.8, 4) is 0 Å². The zero-order valence-electron chi connectivity index (χ0n) is 8.02. The molecule has 0 saturated carbocycles. The molecule has 0 amide bonds. The summed E-state index contributed by atoms with van der Waals surface area (Å²) < 4.78 is 7.18. The summed E-state index contributed by atoms with van der Waals surface area (Å²) >= 11 is 6.95. The van der Waals surface area contributed by atoms with Gasteiger partial charge in [0, 0.05) is 29.1 Å². The zero-order valence-corrected chi connectivity index (χ0v) is 11.2. The van der Waals surface area contributed by atoms with Gasteiger partial charge >= 0.3 is 0 Å². The van der Waals surface area contributed by atoms with E-state index in [0.29, 0.717) is 0 Å². The summed E-state index contributed by atoms with van der Waals surface area (Å²) in [6.07, 6.45) is 0. The standard InChI is InChI=1S/C10H13Br2NO/c1-14-5-4-13-7-8-6-9(11)2-3-10(8)12/h2-3,6,13H,4-5,7H2,1H3. The molecular weight excluding hydrogens is 310 g/mol. The number of methoxy groups -OCH3 is 1. The van der Waals surface area contributed by atoms with Crippen molar-refractivity contribution >= 4 is 31.9 Å². The summed E-state index contributed by atoms with van der Waals surface area (Å²) in [6.45, 7) is 2.46. The lowest BCUT2D eigenvalue weighted by atomic mass is 10.2. The monoisotopic (exact) mass is 321 g/mol. The third kappa shape index (κ3) is 4.09. The van der Waals surface area contributed by atoms with Gasteiger partial charge in [0.15, 0.2) is 0 Å². The minimum Gasteiger partial charge on any atom is -0.383 e. The molecular formula is C10H13Br2NO. The Morgan fingerprint density at radius 2 is 2.14 bits per heavy atom. The van der Waals surface area contributed by atoms with Gasteiger partial charge in [0.2, 0.25) is 0 Å². The van der Waals surface area contributed by atoms with Crippen LogP contribution in [0, 0.1) is 0 Å². The van der Waals surface area contributed by atoms with Crippen LogP contribution < -0.4 is 5.32 Å². The van der Waals surface area contributed by atoms with E-state index in [0.717, 1.165) is 28.6 Å². The van der Waals surface area contributed by atoms with Crippen molar-refractivity contribution < 1.29 is 4.74 Å². The van der Waals surface area contributed by atoms with Crippen LogP contribution in [0.3, 0.4) is 0 Å². The lowest BCUT2D eigenvalue weighted by Crippen LogP contribution is -2.18. The summed E-state index contributed by atoms with van der Waals surface area (Å²) in [6, 6.07) is 6.16. The Morgan fingerprint density at radius 3 is 2.86 bits per heavy atom. The fourth-order valence-corrected chi connectivity index (χ4v) is 1.87. The Hall–Kier alpha value is 0.1000. The maximum atomic E-state index is 4.95. The molecule has 0 fully saturated rings. The Morgan fingerprint density at radius 1 is 1.36 bits per heavy atom. The molecule has 0 saturated heterocycles. The van der Waals surface area contributed by atoms with Crippen LogP contribution >= 0.6 is 31.9 Å². The van der Waals surface area contributed by atoms with E-state index in [4.69, 9.17) is 4.74 Å². The van der Waals surface area contributed by atoms with Gasteiger partial charge in [0.05, 0.1) is 6.61 Å². The number of benzene rings is 1. The van der Waals surface area contributed by atoms with Crippen molar-refractivity contribution in [3.05, 3.63) is 32.7 Å². The fraction of sp³-hybridized carbons (Fsp3) is 0.400. The topological polar surface area (TPSA) is 21.3 Å². The van der Waals surface area contributed by atoms with Gasteiger partial charge < -0.3 is 10.1 Å². The number of hydrogen-bond acceptors (Lipinski definition) is 2. The van der Waals surface area contributed by atoms with E-state index in [2.05, 4.69) is 43.2 Å². The van der Waals surface area contributed by atoms with E-state index in [9.17, 15) is 0 Å². The van der Waals surface area contributed by atoms with Crippen LogP contribution in [-0.2, 0) is 11.3 Å². The minimum absolute atomic E-state index is 0.742. The third-order valence-electron chi connectivity index (χ3n) is 1.81. The predicted octanol–water partition coefficient (Wildman–Crippen LogP) is 2.95. The van der Waals surface area contributed by atoms with Gasteiger partial charge in [-0.15, -0.1) is 0 Å². The van der Waals surface area contributed by atoms with Crippen molar-refractivity contribution in [2.24, 2.45) is 0 Å². The average molecular weight is 323 g/mol. The number of nitrogens with one attached hydrogen (secondary N) is 1. The summed E-state index contributed by atoms with van der Waals surface area (Å²) in [4.78, 5) is 0. The van der Waals surface area contributed by atoms with Crippen LogP contribution in [0.15, 0.2) is 27.1 Å². The molecule has 2 nitrogen and oxygen atoms in total. The van der Waals surface area contributed by atoms with Crippen LogP contribution in [0.4, 0.5) is 0 Å². The minimum atomic E-state index is 0.742. The van der Waals surface area contributed by atoms with Gasteiger partial charge in [-0.05, 0) is 23.8 Å². The summed E-state index contributed by atoms with van der Waals surface area (Å²) in [5, 5.41) is 3.29. The van der Waals surface area contributed by atoms with Gasteiger partial charge in [-0.2, -0.15) is 0 Å². The Bertz CT molecular complexity index is 291. The van der Waals surface area contributed by atoms with Crippen molar-refractivity contribution in [3.63, 3.8) is 0 Å². The molecule has 0 aliphatic carbocycles. The van der Waals surface area contributed by atoms with Gasteiger partial charge in [0.25, 0.3) is 0 Å². The second kappa shape index (κ2) is 6.56. The molecule has 0 spiro atoms. The molecule has 1 aromatic rings. The van der Waals surface area contributed by atoms with Crippen molar-refractivity contribution in [1.29, 1.82) is 0 Å². The SMILES string of the molecule is COCCNCc1cc(Br)ccc1Br. The first-order valence-electron chi connectivity index (χ1n) is 4.37. The van der Waals surface area contributed by atoms with E-state index in [1.54, 1.807) is 7.11 Å². The van der Waals surface area contributed by atoms with Crippen LogP contribution in [-0.4, -0.2) is 20.3 Å². The molecule has 0 unspecified atom stereocenters. The first kappa shape index (κ1) is 12.2. The Kier molecular flexibility index (Phi) is 5.70. The highest BCUT2D eigenvalue weighted by molar-refractivity contribution is 9.11. The molecule has 1 rings (SSSR count). The number of rotatable bonds is 5. The summed E-state index contributed by atoms with van der Waals surface area (Å²) in [5.41, 5.74) is 1.25. The highest BCUT2D eigenvalue weighted by atomic mass is 79.9. The molecule has 1 aromatic carbocycles. The average Bonchev–Trinajstić information content (AvgIpc) is 2.18. The first-order chi connectivity index (χ1) is 6.74. The summed E-state index contributed by atoms with van der Waals surface area (Å²) in [5.74, 6) is 0. The normalized spacial score (nSPS) is 10.5. The molecule has 0 heterocycles. The predicted molar refractivity (Wildman–Crippen MR) is 65.4 cm³/mol. The molecule has 0 aliphatic rings. The molecule has 78 valence electrons. The first-order valence-corrected chi connectivity index (χ1v) is 5.96. The highest BCUT2D eigenvalue weighted by Gasteiger charge is 1.99. The van der Waals surface area contributed by atoms with Crippen molar-refractivity contribution in [2.45, 2.75) is 6.54 Å². The Labute approximate surface area is 101 Å². The largest absolute Gasteiger partial charge is 0.383 e. The molecule has 14 heavy (non-hydrogen) atoms. The number of ether oxygens (including phenoxy) is 1. The second-order valence-corrected chi connectivity index (χ2v) is 4.68. The maximum Gasteiger partial charge on any atom is 0.0587 e. The van der Waals surface area contributed by atoms with Gasteiger partial charge in [-0.1, -0.05) is 31.9 Å². The highest BCUT2D eigenvalue weighted by Crippen LogP contribution is 2.21. The van der Waals surface area contributed by atoms with Gasteiger partial charge in [-0.25, -0.2) is 0 Å². The van der Waals surface area contributed by atoms with E-state index in [1.807, 2.05) is 12.1 Å². The molecule has 1 N–H and O–H groups in total. The zero-order chi connectivity index (χ0) is 10.4. The van der Waals surface area contributed by atoms with Crippen LogP contribution in [0.1, 0.15) is 5.56 Å². The summed E-state index contributed by atoms with van der Waals surface area (Å²) in [7, 11) is 1.71. The van der Waals surface area contributed by atoms with E-state index in [1.165, 1.54) is 5.56 Å². The molecule has 0 bridgehead atoms. The van der Waals surface area contributed by atoms with Crippen molar-refractivity contribution in [1.82, 2.24) is 5.32 Å². The number of halogens is 2. The van der Waals surface area contributed by atoms with Gasteiger partial charge in [-0.3, -0.25) is 0 Å². The smallest absolute Gasteiger partial charge is 0.0587 e. The van der Waals surface area contributed by atoms with Crippen LogP contribution in [0.2, 0.25) is 0 Å². The molecule has 0 radical (unpaired) electrons. The lowest BCUT2D eigenvalue weighted by molar-refractivity contribution is 0.199. The van der Waals surface area contributed by atoms with Crippen LogP contribution in [0.5, 0.6) is 0 Å². The van der Waals surface area contributed by atoms with E-state index < -0.39 is 0 Å². The van der Waals surface area contributed by atoms with E-state index >= 15 is 0 Å². The molecule has 4 heteroatoms. The number of hydrogen-bond donors (Lipinski definition) is 1. The van der Waals surface area contributed by atoms with Crippen molar-refractivity contribution in [2.75, 3.05) is 20.3 Å². The lowest BCUT2D eigenvalue weighted by Gasteiger charge is -2.06. The van der Waals surface area contributed by atoms with Gasteiger partial charge in [0.1, 0.15) is 0 Å². The fourth-order valence-electron chi connectivity index (χ4n) is 1.08. The molecule has 0 atom stereocenters. The Balaban J connectivity index is 2.45. The second-order valence-electron chi connectivity index (χ2n) is 2.91. The molecule has 0 aliphatic heterocycles. The quantitative estimate of drug-likeness (QED) is 0.842. The third-order valence-corrected chi connectivity index (χ3v) is 3.07.